The highest BCUT2D eigenvalue weighted by Gasteiger charge is 2.25. The summed E-state index contributed by atoms with van der Waals surface area (Å²) in [5.41, 5.74) is 1.14. The molecule has 1 amide bonds. The number of carbonyl (C=O) groups is 1. The monoisotopic (exact) mass is 331 g/mol. The molecule has 2 heterocycles. The third kappa shape index (κ3) is 3.97. The van der Waals surface area contributed by atoms with Gasteiger partial charge in [-0.1, -0.05) is 6.07 Å². The number of aryl methyl sites for hydroxylation is 2. The van der Waals surface area contributed by atoms with E-state index in [0.717, 1.165) is 43.1 Å². The number of piperidine rings is 1. The van der Waals surface area contributed by atoms with Gasteiger partial charge in [-0.25, -0.2) is 9.37 Å². The Labute approximate surface area is 140 Å². The third-order valence-corrected chi connectivity index (χ3v) is 4.25. The minimum atomic E-state index is -0.415. The first-order chi connectivity index (χ1) is 11.5. The van der Waals surface area contributed by atoms with E-state index in [1.807, 2.05) is 13.8 Å². The Hall–Kier alpha value is -2.28. The van der Waals surface area contributed by atoms with E-state index in [9.17, 15) is 9.18 Å². The largest absolute Gasteiger partial charge is 0.322 e. The summed E-state index contributed by atoms with van der Waals surface area (Å²) in [6.45, 7) is 5.57. The van der Waals surface area contributed by atoms with Gasteiger partial charge in [0, 0.05) is 12.5 Å². The smallest absolute Gasteiger partial charge is 0.238 e. The summed E-state index contributed by atoms with van der Waals surface area (Å²) in [4.78, 5) is 18.7. The average molecular weight is 331 g/mol. The highest BCUT2D eigenvalue weighted by atomic mass is 19.1. The summed E-state index contributed by atoms with van der Waals surface area (Å²) in [6, 6.07) is 4.69. The topological polar surface area (TPSA) is 73.9 Å². The lowest BCUT2D eigenvalue weighted by Crippen LogP contribution is -2.40. The fraction of sp³-hybridized carbons (Fsp3) is 0.471. The Morgan fingerprint density at radius 3 is 3.04 bits per heavy atom. The molecule has 24 heavy (non-hydrogen) atoms. The van der Waals surface area contributed by atoms with Crippen LogP contribution < -0.4 is 5.32 Å². The van der Waals surface area contributed by atoms with Crippen LogP contribution in [0.15, 0.2) is 18.2 Å². The average Bonchev–Trinajstić information content (AvgIpc) is 2.98. The van der Waals surface area contributed by atoms with Crippen LogP contribution in [0.4, 0.5) is 10.1 Å². The molecule has 2 N–H and O–H groups in total. The third-order valence-electron chi connectivity index (χ3n) is 4.25. The Balaban J connectivity index is 1.59. The lowest BCUT2D eigenvalue weighted by atomic mass is 9.97. The second kappa shape index (κ2) is 7.09. The zero-order chi connectivity index (χ0) is 17.1. The van der Waals surface area contributed by atoms with Crippen LogP contribution in [-0.4, -0.2) is 45.6 Å². The van der Waals surface area contributed by atoms with Crippen molar-refractivity contribution in [1.82, 2.24) is 20.1 Å². The number of aromatic amines is 1. The van der Waals surface area contributed by atoms with Gasteiger partial charge in [0.15, 0.2) is 5.82 Å². The normalized spacial score (nSPS) is 18.5. The van der Waals surface area contributed by atoms with Crippen LogP contribution in [0.2, 0.25) is 0 Å². The lowest BCUT2D eigenvalue weighted by molar-refractivity contribution is -0.117. The Morgan fingerprint density at radius 1 is 1.46 bits per heavy atom. The first-order valence-corrected chi connectivity index (χ1v) is 8.18. The molecular formula is C17H22FN5O. The van der Waals surface area contributed by atoms with Crippen LogP contribution in [-0.2, 0) is 4.79 Å². The molecule has 0 radical (unpaired) electrons. The Kier molecular flexibility index (Phi) is 4.89. The number of rotatable bonds is 4. The predicted octanol–water partition coefficient (Wildman–Crippen LogP) is 2.38. The first-order valence-electron chi connectivity index (χ1n) is 8.18. The highest BCUT2D eigenvalue weighted by Crippen LogP contribution is 2.24. The standard InChI is InChI=1S/C17H22FN5O/c1-11-5-6-14(18)15(8-11)20-16(24)10-23-7-3-4-13(9-23)17-19-12(2)21-22-17/h5-6,8,13H,3-4,7,9-10H2,1-2H3,(H,20,24)(H,19,21,22)/t13-/m1/s1. The van der Waals surface area contributed by atoms with Crippen LogP contribution in [0.25, 0.3) is 0 Å². The second-order valence-electron chi connectivity index (χ2n) is 6.38. The fourth-order valence-corrected chi connectivity index (χ4v) is 3.08. The van der Waals surface area contributed by atoms with E-state index in [4.69, 9.17) is 0 Å². The van der Waals surface area contributed by atoms with E-state index < -0.39 is 5.82 Å². The summed E-state index contributed by atoms with van der Waals surface area (Å²) >= 11 is 0. The van der Waals surface area contributed by atoms with Crippen LogP contribution in [0.5, 0.6) is 0 Å². The molecule has 0 unspecified atom stereocenters. The minimum absolute atomic E-state index is 0.202. The van der Waals surface area contributed by atoms with Crippen LogP contribution in [0.3, 0.4) is 0 Å². The van der Waals surface area contributed by atoms with Gasteiger partial charge in [0.2, 0.25) is 5.91 Å². The van der Waals surface area contributed by atoms with E-state index in [1.165, 1.54) is 6.07 Å². The van der Waals surface area contributed by atoms with Crippen LogP contribution >= 0.6 is 0 Å². The number of nitrogens with one attached hydrogen (secondary N) is 2. The number of anilines is 1. The van der Waals surface area contributed by atoms with E-state index >= 15 is 0 Å². The molecule has 1 aliphatic rings. The molecule has 1 atom stereocenters. The summed E-state index contributed by atoms with van der Waals surface area (Å²) in [7, 11) is 0. The number of benzene rings is 1. The molecule has 0 aliphatic carbocycles. The van der Waals surface area contributed by atoms with Gasteiger partial charge in [-0.05, 0) is 50.9 Å². The zero-order valence-electron chi connectivity index (χ0n) is 14.0. The maximum absolute atomic E-state index is 13.7. The van der Waals surface area contributed by atoms with Gasteiger partial charge in [-0.2, -0.15) is 5.10 Å². The number of H-pyrrole nitrogens is 1. The molecule has 1 aromatic heterocycles. The molecule has 3 rings (SSSR count). The van der Waals surface area contributed by atoms with Crippen molar-refractivity contribution in [2.24, 2.45) is 0 Å². The number of aromatic nitrogens is 3. The number of amides is 1. The molecule has 0 saturated carbocycles. The summed E-state index contributed by atoms with van der Waals surface area (Å²) < 4.78 is 13.7. The molecule has 1 fully saturated rings. The number of hydrogen-bond acceptors (Lipinski definition) is 4. The fourth-order valence-electron chi connectivity index (χ4n) is 3.08. The van der Waals surface area contributed by atoms with E-state index in [2.05, 4.69) is 25.4 Å². The van der Waals surface area contributed by atoms with Gasteiger partial charge in [0.1, 0.15) is 11.6 Å². The maximum Gasteiger partial charge on any atom is 0.238 e. The summed E-state index contributed by atoms with van der Waals surface area (Å²) in [6.07, 6.45) is 2.01. The van der Waals surface area contributed by atoms with Crippen molar-refractivity contribution >= 4 is 11.6 Å². The van der Waals surface area contributed by atoms with Gasteiger partial charge in [-0.15, -0.1) is 0 Å². The van der Waals surface area contributed by atoms with Crippen LogP contribution in [0.1, 0.15) is 36.0 Å². The van der Waals surface area contributed by atoms with E-state index in [1.54, 1.807) is 12.1 Å². The van der Waals surface area contributed by atoms with Crippen molar-refractivity contribution in [3.05, 3.63) is 41.2 Å². The number of halogens is 1. The van der Waals surface area contributed by atoms with Crippen molar-refractivity contribution < 1.29 is 9.18 Å². The number of nitrogens with zero attached hydrogens (tertiary/aromatic N) is 3. The van der Waals surface area contributed by atoms with Crippen molar-refractivity contribution in [2.75, 3.05) is 25.0 Å². The van der Waals surface area contributed by atoms with E-state index in [-0.39, 0.29) is 24.1 Å². The quantitative estimate of drug-likeness (QED) is 0.902. The number of likely N-dealkylation sites (tertiary alicyclic amines) is 1. The molecule has 7 heteroatoms. The highest BCUT2D eigenvalue weighted by molar-refractivity contribution is 5.92. The molecular weight excluding hydrogens is 309 g/mol. The molecule has 0 spiro atoms. The first kappa shape index (κ1) is 16.6. The Bertz CT molecular complexity index is 730. The molecule has 6 nitrogen and oxygen atoms in total. The van der Waals surface area contributed by atoms with E-state index in [0.29, 0.717) is 0 Å². The lowest BCUT2D eigenvalue weighted by Gasteiger charge is -2.30. The summed E-state index contributed by atoms with van der Waals surface area (Å²) in [5, 5.41) is 9.76. The summed E-state index contributed by atoms with van der Waals surface area (Å²) in [5.74, 6) is 1.22. The predicted molar refractivity (Wildman–Crippen MR) is 89.3 cm³/mol. The number of hydrogen-bond donors (Lipinski definition) is 2. The van der Waals surface area contributed by atoms with Gasteiger partial charge < -0.3 is 5.32 Å². The van der Waals surface area contributed by atoms with Crippen molar-refractivity contribution in [3.63, 3.8) is 0 Å². The Morgan fingerprint density at radius 2 is 2.29 bits per heavy atom. The van der Waals surface area contributed by atoms with Gasteiger partial charge in [0.05, 0.1) is 12.2 Å². The SMILES string of the molecule is Cc1ccc(F)c(NC(=O)CN2CCC[C@@H](c3n[nH]c(C)n3)C2)c1. The molecule has 128 valence electrons. The molecule has 1 aromatic carbocycles. The number of carbonyl (C=O) groups excluding carboxylic acids is 1. The molecule has 2 aromatic rings. The van der Waals surface area contributed by atoms with Gasteiger partial charge in [-0.3, -0.25) is 14.8 Å². The van der Waals surface area contributed by atoms with Crippen molar-refractivity contribution in [3.8, 4) is 0 Å². The second-order valence-corrected chi connectivity index (χ2v) is 6.38. The van der Waals surface area contributed by atoms with Crippen molar-refractivity contribution in [2.45, 2.75) is 32.6 Å². The van der Waals surface area contributed by atoms with Crippen LogP contribution in [0, 0.1) is 19.7 Å². The van der Waals surface area contributed by atoms with Crippen molar-refractivity contribution in [1.29, 1.82) is 0 Å². The van der Waals surface area contributed by atoms with Gasteiger partial charge >= 0.3 is 0 Å². The zero-order valence-corrected chi connectivity index (χ0v) is 14.0. The molecule has 1 aliphatic heterocycles. The van der Waals surface area contributed by atoms with Gasteiger partial charge in [0.25, 0.3) is 0 Å². The minimum Gasteiger partial charge on any atom is -0.322 e. The molecule has 1 saturated heterocycles. The maximum atomic E-state index is 13.7. The molecule has 0 bridgehead atoms.